The van der Waals surface area contributed by atoms with Gasteiger partial charge in [0.1, 0.15) is 5.76 Å². The van der Waals surface area contributed by atoms with E-state index in [1.165, 1.54) is 0 Å². The second-order valence-corrected chi connectivity index (χ2v) is 5.15. The summed E-state index contributed by atoms with van der Waals surface area (Å²) in [5.74, 6) is 0.757. The van der Waals surface area contributed by atoms with Crippen molar-refractivity contribution in [3.8, 4) is 0 Å². The van der Waals surface area contributed by atoms with E-state index in [2.05, 4.69) is 15.8 Å². The fourth-order valence-electron chi connectivity index (χ4n) is 2.31. The molecular formula is C14H23N3O3. The number of aromatic nitrogens is 1. The highest BCUT2D eigenvalue weighted by Gasteiger charge is 2.14. The van der Waals surface area contributed by atoms with Gasteiger partial charge in [-0.1, -0.05) is 5.16 Å². The van der Waals surface area contributed by atoms with E-state index in [1.807, 2.05) is 13.8 Å². The maximum absolute atomic E-state index is 11.7. The second kappa shape index (κ2) is 7.40. The van der Waals surface area contributed by atoms with Crippen LogP contribution in [0, 0.1) is 13.8 Å². The Morgan fingerprint density at radius 2 is 2.20 bits per heavy atom. The van der Waals surface area contributed by atoms with Gasteiger partial charge in [0, 0.05) is 18.5 Å². The van der Waals surface area contributed by atoms with Crippen LogP contribution >= 0.6 is 0 Å². The molecule has 0 atom stereocenters. The van der Waals surface area contributed by atoms with E-state index in [9.17, 15) is 4.79 Å². The van der Waals surface area contributed by atoms with Gasteiger partial charge >= 0.3 is 0 Å². The number of rotatable bonds is 6. The van der Waals surface area contributed by atoms with Gasteiger partial charge in [0.25, 0.3) is 0 Å². The topological polar surface area (TPSA) is 76.4 Å². The Hall–Kier alpha value is -1.40. The number of carbonyl (C=O) groups is 1. The van der Waals surface area contributed by atoms with E-state index in [1.54, 1.807) is 0 Å². The number of hydrogen-bond acceptors (Lipinski definition) is 5. The first-order valence-electron chi connectivity index (χ1n) is 7.17. The van der Waals surface area contributed by atoms with E-state index in [0.29, 0.717) is 25.7 Å². The van der Waals surface area contributed by atoms with Crippen LogP contribution in [0.3, 0.4) is 0 Å². The molecule has 0 bridgehead atoms. The van der Waals surface area contributed by atoms with Gasteiger partial charge < -0.3 is 19.9 Å². The maximum atomic E-state index is 11.7. The summed E-state index contributed by atoms with van der Waals surface area (Å²) in [4.78, 5) is 11.7. The van der Waals surface area contributed by atoms with Crippen molar-refractivity contribution < 1.29 is 14.1 Å². The molecule has 1 aromatic rings. The molecule has 0 radical (unpaired) electrons. The van der Waals surface area contributed by atoms with Gasteiger partial charge in [0.15, 0.2) is 0 Å². The first kappa shape index (κ1) is 15.0. The summed E-state index contributed by atoms with van der Waals surface area (Å²) in [7, 11) is 0. The van der Waals surface area contributed by atoms with Crippen LogP contribution in [0.25, 0.3) is 0 Å². The average molecular weight is 281 g/mol. The molecule has 2 heterocycles. The van der Waals surface area contributed by atoms with E-state index in [0.717, 1.165) is 42.9 Å². The van der Waals surface area contributed by atoms with Gasteiger partial charge in [-0.05, 0) is 39.8 Å². The molecule has 6 heteroatoms. The zero-order valence-corrected chi connectivity index (χ0v) is 12.2. The number of amides is 1. The van der Waals surface area contributed by atoms with Gasteiger partial charge in [-0.15, -0.1) is 0 Å². The van der Waals surface area contributed by atoms with Crippen molar-refractivity contribution in [3.63, 3.8) is 0 Å². The average Bonchev–Trinajstić information content (AvgIpc) is 2.77. The maximum Gasteiger partial charge on any atom is 0.222 e. The highest BCUT2D eigenvalue weighted by Crippen LogP contribution is 2.11. The van der Waals surface area contributed by atoms with Gasteiger partial charge in [-0.25, -0.2) is 0 Å². The lowest BCUT2D eigenvalue weighted by Crippen LogP contribution is -2.33. The van der Waals surface area contributed by atoms with Gasteiger partial charge in [-0.3, -0.25) is 4.79 Å². The smallest absolute Gasteiger partial charge is 0.222 e. The molecule has 1 saturated heterocycles. The summed E-state index contributed by atoms with van der Waals surface area (Å²) in [6, 6.07) is 0. The highest BCUT2D eigenvalue weighted by atomic mass is 16.5. The summed E-state index contributed by atoms with van der Waals surface area (Å²) in [6.45, 7) is 6.68. The number of carbonyl (C=O) groups excluding carboxylic acids is 1. The molecule has 0 saturated carbocycles. The monoisotopic (exact) mass is 281 g/mol. The fourth-order valence-corrected chi connectivity index (χ4v) is 2.31. The predicted molar refractivity (Wildman–Crippen MR) is 74.3 cm³/mol. The Balaban J connectivity index is 1.63. The van der Waals surface area contributed by atoms with Crippen molar-refractivity contribution in [2.45, 2.75) is 45.8 Å². The van der Waals surface area contributed by atoms with Crippen molar-refractivity contribution in [3.05, 3.63) is 17.0 Å². The zero-order valence-electron chi connectivity index (χ0n) is 12.2. The zero-order chi connectivity index (χ0) is 14.4. The summed E-state index contributed by atoms with van der Waals surface area (Å²) in [5, 5.41) is 10.0. The van der Waals surface area contributed by atoms with Gasteiger partial charge in [-0.2, -0.15) is 0 Å². The van der Waals surface area contributed by atoms with Crippen molar-refractivity contribution >= 4 is 5.91 Å². The molecule has 1 aliphatic heterocycles. The standard InChI is InChI=1S/C14H23N3O3/c1-10-13(11(2)20-17-10)9-16-14(18)5-8-19-12-3-6-15-7-4-12/h12,15H,3-9H2,1-2H3,(H,16,18). The molecule has 20 heavy (non-hydrogen) atoms. The van der Waals surface area contributed by atoms with E-state index >= 15 is 0 Å². The SMILES string of the molecule is Cc1noc(C)c1CNC(=O)CCOC1CCNCC1. The number of hydrogen-bond donors (Lipinski definition) is 2. The number of aryl methyl sites for hydroxylation is 2. The Bertz CT molecular complexity index is 419. The van der Waals surface area contributed by atoms with Crippen molar-refractivity contribution in [1.82, 2.24) is 15.8 Å². The molecule has 1 aromatic heterocycles. The van der Waals surface area contributed by atoms with Crippen LogP contribution in [-0.2, 0) is 16.1 Å². The third-order valence-electron chi connectivity index (χ3n) is 3.61. The third kappa shape index (κ3) is 4.31. The summed E-state index contributed by atoms with van der Waals surface area (Å²) in [6.07, 6.45) is 2.75. The molecule has 2 N–H and O–H groups in total. The van der Waals surface area contributed by atoms with E-state index in [-0.39, 0.29) is 5.91 Å². The molecule has 112 valence electrons. The van der Waals surface area contributed by atoms with Crippen LogP contribution in [0.15, 0.2) is 4.52 Å². The second-order valence-electron chi connectivity index (χ2n) is 5.15. The number of nitrogens with one attached hydrogen (secondary N) is 2. The third-order valence-corrected chi connectivity index (χ3v) is 3.61. The van der Waals surface area contributed by atoms with Gasteiger partial charge in [0.2, 0.25) is 5.91 Å². The molecule has 0 aromatic carbocycles. The largest absolute Gasteiger partial charge is 0.378 e. The molecule has 1 amide bonds. The quantitative estimate of drug-likeness (QED) is 0.815. The van der Waals surface area contributed by atoms with Crippen LogP contribution < -0.4 is 10.6 Å². The Morgan fingerprint density at radius 3 is 2.85 bits per heavy atom. The Kier molecular flexibility index (Phi) is 5.55. The van der Waals surface area contributed by atoms with Gasteiger partial charge in [0.05, 0.1) is 18.4 Å². The summed E-state index contributed by atoms with van der Waals surface area (Å²) in [5.41, 5.74) is 1.78. The molecule has 0 unspecified atom stereocenters. The predicted octanol–water partition coefficient (Wildman–Crippen LogP) is 1.07. The normalized spacial score (nSPS) is 16.3. The van der Waals surface area contributed by atoms with E-state index < -0.39 is 0 Å². The molecule has 2 rings (SSSR count). The van der Waals surface area contributed by atoms with E-state index in [4.69, 9.17) is 9.26 Å². The molecule has 0 spiro atoms. The van der Waals surface area contributed by atoms with Crippen molar-refractivity contribution in [2.75, 3.05) is 19.7 Å². The lowest BCUT2D eigenvalue weighted by atomic mass is 10.1. The van der Waals surface area contributed by atoms with Crippen LogP contribution in [0.5, 0.6) is 0 Å². The summed E-state index contributed by atoms with van der Waals surface area (Å²) < 4.78 is 10.8. The minimum Gasteiger partial charge on any atom is -0.378 e. The fraction of sp³-hybridized carbons (Fsp3) is 0.714. The molecular weight excluding hydrogens is 258 g/mol. The number of ether oxygens (including phenoxy) is 1. The number of nitrogens with zero attached hydrogens (tertiary/aromatic N) is 1. The first-order valence-corrected chi connectivity index (χ1v) is 7.17. The van der Waals surface area contributed by atoms with Crippen LogP contribution in [0.4, 0.5) is 0 Å². The lowest BCUT2D eigenvalue weighted by Gasteiger charge is -2.22. The van der Waals surface area contributed by atoms with Crippen molar-refractivity contribution in [1.29, 1.82) is 0 Å². The number of piperidine rings is 1. The molecule has 1 aliphatic rings. The van der Waals surface area contributed by atoms with Crippen LogP contribution in [0.2, 0.25) is 0 Å². The highest BCUT2D eigenvalue weighted by molar-refractivity contribution is 5.76. The minimum absolute atomic E-state index is 0.000987. The molecule has 0 aliphatic carbocycles. The van der Waals surface area contributed by atoms with Crippen LogP contribution in [-0.4, -0.2) is 36.9 Å². The Morgan fingerprint density at radius 1 is 1.45 bits per heavy atom. The minimum atomic E-state index is -0.000987. The molecule has 1 fully saturated rings. The Labute approximate surface area is 119 Å². The molecule has 6 nitrogen and oxygen atoms in total. The first-order chi connectivity index (χ1) is 9.66. The lowest BCUT2D eigenvalue weighted by molar-refractivity contribution is -0.122. The van der Waals surface area contributed by atoms with Crippen molar-refractivity contribution in [2.24, 2.45) is 0 Å². The van der Waals surface area contributed by atoms with Crippen LogP contribution in [0.1, 0.15) is 36.3 Å². The summed E-state index contributed by atoms with van der Waals surface area (Å²) >= 11 is 0.